The monoisotopic (exact) mass is 198 g/mol. The Balaban J connectivity index is 3.00. The second-order valence-corrected chi connectivity index (χ2v) is 2.52. The van der Waals surface area contributed by atoms with Crippen LogP contribution in [0.5, 0.6) is 0 Å². The van der Waals surface area contributed by atoms with E-state index < -0.39 is 4.92 Å². The number of rotatable bonds is 3. The number of hydrogen-bond acceptors (Lipinski definition) is 5. The number of nitrogens with zero attached hydrogens (tertiary/aromatic N) is 3. The Kier molecular flexibility index (Phi) is 2.80. The highest BCUT2D eigenvalue weighted by molar-refractivity contribution is 5.88. The van der Waals surface area contributed by atoms with Crippen LogP contribution in [0.2, 0.25) is 0 Å². The van der Waals surface area contributed by atoms with E-state index in [0.717, 1.165) is 6.20 Å². The van der Waals surface area contributed by atoms with Crippen molar-refractivity contribution in [2.24, 2.45) is 7.05 Å². The minimum atomic E-state index is -0.560. The van der Waals surface area contributed by atoms with Gasteiger partial charge in [-0.3, -0.25) is 5.41 Å². The second kappa shape index (κ2) is 3.86. The normalized spacial score (nSPS) is 9.86. The zero-order valence-electron chi connectivity index (χ0n) is 7.85. The summed E-state index contributed by atoms with van der Waals surface area (Å²) in [6, 6.07) is 0. The SMILES string of the molecule is CCOC(=N)c1ncc([N+](=O)[O-])n1C. The molecule has 76 valence electrons. The number of nitrogens with one attached hydrogen (secondary N) is 1. The smallest absolute Gasteiger partial charge is 0.343 e. The Bertz CT molecular complexity index is 371. The van der Waals surface area contributed by atoms with E-state index in [1.54, 1.807) is 6.92 Å². The molecule has 0 saturated carbocycles. The molecule has 0 spiro atoms. The Morgan fingerprint density at radius 2 is 2.50 bits per heavy atom. The van der Waals surface area contributed by atoms with Gasteiger partial charge in [-0.05, 0) is 11.8 Å². The molecule has 0 aromatic carbocycles. The summed E-state index contributed by atoms with van der Waals surface area (Å²) in [4.78, 5) is 13.6. The molecule has 14 heavy (non-hydrogen) atoms. The quantitative estimate of drug-likeness (QED) is 0.334. The van der Waals surface area contributed by atoms with Crippen molar-refractivity contribution in [2.75, 3.05) is 6.61 Å². The lowest BCUT2D eigenvalue weighted by Crippen LogP contribution is -2.12. The van der Waals surface area contributed by atoms with Crippen molar-refractivity contribution in [1.82, 2.24) is 9.55 Å². The molecule has 1 aromatic heterocycles. The first-order chi connectivity index (χ1) is 6.57. The molecule has 1 heterocycles. The molecule has 7 nitrogen and oxygen atoms in total. The minimum Gasteiger partial charge on any atom is -0.474 e. The Morgan fingerprint density at radius 3 is 2.93 bits per heavy atom. The topological polar surface area (TPSA) is 94.0 Å². The number of hydrogen-bond donors (Lipinski definition) is 1. The maximum Gasteiger partial charge on any atom is 0.343 e. The highest BCUT2D eigenvalue weighted by Crippen LogP contribution is 2.11. The van der Waals surface area contributed by atoms with Gasteiger partial charge >= 0.3 is 5.82 Å². The van der Waals surface area contributed by atoms with Gasteiger partial charge in [0.05, 0.1) is 13.7 Å². The number of aromatic nitrogens is 2. The molecule has 0 bridgehead atoms. The summed E-state index contributed by atoms with van der Waals surface area (Å²) in [5, 5.41) is 17.8. The molecular weight excluding hydrogens is 188 g/mol. The van der Waals surface area contributed by atoms with Crippen LogP contribution in [0.25, 0.3) is 0 Å². The van der Waals surface area contributed by atoms with Gasteiger partial charge in [0.2, 0.25) is 0 Å². The summed E-state index contributed by atoms with van der Waals surface area (Å²) in [6.07, 6.45) is 1.10. The average Bonchev–Trinajstić information content (AvgIpc) is 2.47. The molecule has 0 aliphatic carbocycles. The fraction of sp³-hybridized carbons (Fsp3) is 0.429. The van der Waals surface area contributed by atoms with E-state index >= 15 is 0 Å². The summed E-state index contributed by atoms with van der Waals surface area (Å²) in [6.45, 7) is 2.06. The highest BCUT2D eigenvalue weighted by atomic mass is 16.6. The minimum absolute atomic E-state index is 0.151. The van der Waals surface area contributed by atoms with Crippen molar-refractivity contribution in [3.63, 3.8) is 0 Å². The summed E-state index contributed by atoms with van der Waals surface area (Å²) in [7, 11) is 1.47. The van der Waals surface area contributed by atoms with Gasteiger partial charge in [0, 0.05) is 0 Å². The standard InChI is InChI=1S/C7H10N4O3/c1-3-14-6(8)7-9-4-5(10(7)2)11(12)13/h4,8H,3H2,1-2H3. The van der Waals surface area contributed by atoms with Gasteiger partial charge in [0.1, 0.15) is 6.20 Å². The summed E-state index contributed by atoms with van der Waals surface area (Å²) in [5.74, 6) is -0.175. The van der Waals surface area contributed by atoms with Crippen LogP contribution in [0, 0.1) is 15.5 Å². The van der Waals surface area contributed by atoms with Gasteiger partial charge in [0.15, 0.2) is 0 Å². The summed E-state index contributed by atoms with van der Waals surface area (Å²) >= 11 is 0. The largest absolute Gasteiger partial charge is 0.474 e. The van der Waals surface area contributed by atoms with Gasteiger partial charge in [-0.2, -0.15) is 0 Å². The first-order valence-corrected chi connectivity index (χ1v) is 3.95. The molecule has 0 aliphatic heterocycles. The van der Waals surface area contributed by atoms with Crippen molar-refractivity contribution in [3.8, 4) is 0 Å². The zero-order chi connectivity index (χ0) is 10.7. The van der Waals surface area contributed by atoms with E-state index in [0.29, 0.717) is 6.61 Å². The van der Waals surface area contributed by atoms with Gasteiger partial charge in [-0.25, -0.2) is 9.55 Å². The van der Waals surface area contributed by atoms with Crippen molar-refractivity contribution >= 4 is 11.7 Å². The molecule has 1 rings (SSSR count). The van der Waals surface area contributed by atoms with Crippen LogP contribution >= 0.6 is 0 Å². The van der Waals surface area contributed by atoms with Crippen molar-refractivity contribution in [3.05, 3.63) is 22.1 Å². The molecule has 0 radical (unpaired) electrons. The predicted octanol–water partition coefficient (Wildman–Crippen LogP) is 0.690. The number of ether oxygens (including phenoxy) is 1. The van der Waals surface area contributed by atoms with E-state index in [1.165, 1.54) is 11.6 Å². The molecule has 1 N–H and O–H groups in total. The van der Waals surface area contributed by atoms with Crippen LogP contribution in [0.1, 0.15) is 12.7 Å². The Labute approximate surface area is 80.0 Å². The van der Waals surface area contributed by atoms with E-state index in [-0.39, 0.29) is 17.5 Å². The molecule has 0 fully saturated rings. The molecule has 7 heteroatoms. The number of imidazole rings is 1. The van der Waals surface area contributed by atoms with Gasteiger partial charge < -0.3 is 14.9 Å². The maximum atomic E-state index is 10.4. The molecule has 0 aliphatic rings. The third-order valence-corrected chi connectivity index (χ3v) is 1.64. The fourth-order valence-corrected chi connectivity index (χ4v) is 0.990. The molecular formula is C7H10N4O3. The molecule has 0 atom stereocenters. The molecule has 0 saturated heterocycles. The lowest BCUT2D eigenvalue weighted by atomic mass is 10.6. The zero-order valence-corrected chi connectivity index (χ0v) is 7.85. The third kappa shape index (κ3) is 1.70. The van der Waals surface area contributed by atoms with Crippen LogP contribution < -0.4 is 0 Å². The lowest BCUT2D eigenvalue weighted by molar-refractivity contribution is -0.391. The Morgan fingerprint density at radius 1 is 1.86 bits per heavy atom. The van der Waals surface area contributed by atoms with Crippen LogP contribution in [0.15, 0.2) is 6.20 Å². The highest BCUT2D eigenvalue weighted by Gasteiger charge is 2.20. The third-order valence-electron chi connectivity index (χ3n) is 1.64. The first-order valence-electron chi connectivity index (χ1n) is 3.95. The second-order valence-electron chi connectivity index (χ2n) is 2.52. The van der Waals surface area contributed by atoms with E-state index in [4.69, 9.17) is 10.1 Å². The van der Waals surface area contributed by atoms with Gasteiger partial charge in [-0.15, -0.1) is 0 Å². The van der Waals surface area contributed by atoms with Gasteiger partial charge in [-0.1, -0.05) is 0 Å². The van der Waals surface area contributed by atoms with Crippen molar-refractivity contribution in [2.45, 2.75) is 6.92 Å². The fourth-order valence-electron chi connectivity index (χ4n) is 0.990. The summed E-state index contributed by atoms with van der Waals surface area (Å²) < 4.78 is 6.09. The van der Waals surface area contributed by atoms with Crippen molar-refractivity contribution in [1.29, 1.82) is 5.41 Å². The first kappa shape index (κ1) is 10.2. The number of nitro groups is 1. The van der Waals surface area contributed by atoms with E-state index in [1.807, 2.05) is 0 Å². The van der Waals surface area contributed by atoms with Crippen LogP contribution in [-0.2, 0) is 11.8 Å². The van der Waals surface area contributed by atoms with E-state index in [9.17, 15) is 10.1 Å². The molecule has 1 aromatic rings. The average molecular weight is 198 g/mol. The Hall–Kier alpha value is -1.92. The van der Waals surface area contributed by atoms with Gasteiger partial charge in [0.25, 0.3) is 11.7 Å². The lowest BCUT2D eigenvalue weighted by Gasteiger charge is -2.00. The van der Waals surface area contributed by atoms with Crippen LogP contribution in [0.4, 0.5) is 5.82 Å². The molecule has 0 amide bonds. The van der Waals surface area contributed by atoms with E-state index in [2.05, 4.69) is 4.98 Å². The maximum absolute atomic E-state index is 10.4. The summed E-state index contributed by atoms with van der Waals surface area (Å²) in [5.41, 5.74) is 0. The van der Waals surface area contributed by atoms with Crippen molar-refractivity contribution < 1.29 is 9.66 Å². The molecule has 0 unspecified atom stereocenters. The van der Waals surface area contributed by atoms with Crippen LogP contribution in [-0.4, -0.2) is 27.0 Å². The van der Waals surface area contributed by atoms with Crippen LogP contribution in [0.3, 0.4) is 0 Å². The predicted molar refractivity (Wildman–Crippen MR) is 48.3 cm³/mol.